The first-order valence-electron chi connectivity index (χ1n) is 9.72. The summed E-state index contributed by atoms with van der Waals surface area (Å²) in [5.74, 6) is 0.457. The van der Waals surface area contributed by atoms with Crippen LogP contribution in [0.1, 0.15) is 44.9 Å². The lowest BCUT2D eigenvalue weighted by molar-refractivity contribution is -0.180. The molecule has 7 nitrogen and oxygen atoms in total. The van der Waals surface area contributed by atoms with Crippen molar-refractivity contribution < 1.29 is 18.6 Å². The third kappa shape index (κ3) is 2.54. The minimum Gasteiger partial charge on any atom is -0.300 e. The maximum atomic E-state index is 12.8. The van der Waals surface area contributed by atoms with Gasteiger partial charge in [0, 0.05) is 19.1 Å². The van der Waals surface area contributed by atoms with Crippen LogP contribution in [0, 0.1) is 17.3 Å². The van der Waals surface area contributed by atoms with Gasteiger partial charge in [0.2, 0.25) is 0 Å². The molecule has 0 aromatic carbocycles. The van der Waals surface area contributed by atoms with Gasteiger partial charge >= 0.3 is 20.0 Å². The second-order valence-corrected chi connectivity index (χ2v) is 10.5. The van der Waals surface area contributed by atoms with E-state index in [1.165, 1.54) is 32.1 Å². The molecule has 3 saturated heterocycles. The average Bonchev–Trinajstić information content (AvgIpc) is 2.63. The Labute approximate surface area is 148 Å². The van der Waals surface area contributed by atoms with Crippen LogP contribution in [-0.2, 0) is 18.6 Å². The van der Waals surface area contributed by atoms with Gasteiger partial charge in [0.25, 0.3) is 0 Å². The summed E-state index contributed by atoms with van der Waals surface area (Å²) in [6, 6.07) is 0.318. The minimum atomic E-state index is -2.80. The van der Waals surface area contributed by atoms with E-state index in [1.807, 2.05) is 0 Å². The molecule has 0 aromatic rings. The van der Waals surface area contributed by atoms with E-state index in [-0.39, 0.29) is 11.9 Å². The van der Waals surface area contributed by atoms with Gasteiger partial charge in [-0.1, -0.05) is 6.42 Å². The molecule has 2 unspecified atom stereocenters. The number of likely N-dealkylation sites (tertiary alicyclic amines) is 1. The highest BCUT2D eigenvalue weighted by Crippen LogP contribution is 2.64. The Balaban J connectivity index is 1.27. The van der Waals surface area contributed by atoms with Crippen LogP contribution in [0.4, 0.5) is 0 Å². The SMILES string of the molecule is O=C1O[P+]2(NCC3CCC3CN2)OC(=O)C12CC(N1CCCCC1)C2. The zero-order valence-corrected chi connectivity index (χ0v) is 15.4. The van der Waals surface area contributed by atoms with Crippen molar-refractivity contribution in [2.75, 3.05) is 26.2 Å². The van der Waals surface area contributed by atoms with Crippen LogP contribution < -0.4 is 10.2 Å². The van der Waals surface area contributed by atoms with Gasteiger partial charge < -0.3 is 4.90 Å². The maximum absolute atomic E-state index is 12.8. The van der Waals surface area contributed by atoms with Crippen LogP contribution in [0.15, 0.2) is 0 Å². The summed E-state index contributed by atoms with van der Waals surface area (Å²) in [5, 5.41) is 6.51. The Morgan fingerprint density at radius 1 is 0.920 bits per heavy atom. The zero-order chi connectivity index (χ0) is 17.1. The Morgan fingerprint density at radius 3 is 2.00 bits per heavy atom. The molecule has 8 heteroatoms. The summed E-state index contributed by atoms with van der Waals surface area (Å²) in [6.45, 7) is 3.67. The number of piperidine rings is 1. The first-order chi connectivity index (χ1) is 12.1. The van der Waals surface area contributed by atoms with Crippen LogP contribution in [0.2, 0.25) is 0 Å². The molecule has 0 bridgehead atoms. The maximum Gasteiger partial charge on any atom is 0.526 e. The predicted octanol–water partition coefficient (Wildman–Crippen LogP) is 1.62. The van der Waals surface area contributed by atoms with Gasteiger partial charge in [0.15, 0.2) is 5.41 Å². The van der Waals surface area contributed by atoms with Gasteiger partial charge in [0.05, 0.1) is 0 Å². The predicted molar refractivity (Wildman–Crippen MR) is 92.2 cm³/mol. The van der Waals surface area contributed by atoms with E-state index < -0.39 is 13.4 Å². The molecule has 2 saturated carbocycles. The zero-order valence-electron chi connectivity index (χ0n) is 14.5. The quantitative estimate of drug-likeness (QED) is 0.538. The van der Waals surface area contributed by atoms with Gasteiger partial charge in [0.1, 0.15) is 0 Å². The van der Waals surface area contributed by atoms with Gasteiger partial charge in [-0.25, -0.2) is 18.6 Å². The largest absolute Gasteiger partial charge is 0.526 e. The van der Waals surface area contributed by atoms with Crippen molar-refractivity contribution in [2.24, 2.45) is 17.3 Å². The lowest BCUT2D eigenvalue weighted by atomic mass is 9.64. The lowest BCUT2D eigenvalue weighted by Gasteiger charge is -2.49. The molecule has 25 heavy (non-hydrogen) atoms. The first-order valence-corrected chi connectivity index (χ1v) is 11.3. The normalized spacial score (nSPS) is 47.3. The Kier molecular flexibility index (Phi) is 3.86. The standard InChI is InChI=1S/C17H27N3O4P/c21-15-17(8-14(9-17)20-6-2-1-3-7-20)16(22)24-25(23-15)18-10-12-4-5-13(12)11-19-25/h12-14,18-19H,1-11H2/q+1. The van der Waals surface area contributed by atoms with E-state index in [1.54, 1.807) is 0 Å². The molecule has 0 aromatic heterocycles. The molecule has 2 spiro atoms. The van der Waals surface area contributed by atoms with Crippen LogP contribution in [-0.4, -0.2) is 49.1 Å². The van der Waals surface area contributed by atoms with Gasteiger partial charge in [-0.15, -0.1) is 10.2 Å². The molecule has 138 valence electrons. The van der Waals surface area contributed by atoms with E-state index in [4.69, 9.17) is 9.05 Å². The molecular formula is C17H27N3O4P+. The molecular weight excluding hydrogens is 341 g/mol. The fourth-order valence-electron chi connectivity index (χ4n) is 4.97. The number of carbonyl (C=O) groups is 2. The molecule has 2 aliphatic carbocycles. The van der Waals surface area contributed by atoms with Crippen LogP contribution in [0.3, 0.4) is 0 Å². The fourth-order valence-corrected chi connectivity index (χ4v) is 7.14. The Hall–Kier alpha value is -0.750. The minimum absolute atomic E-state index is 0.318. The molecule has 5 aliphatic rings. The summed E-state index contributed by atoms with van der Waals surface area (Å²) in [6.07, 6.45) is 7.20. The molecule has 2 N–H and O–H groups in total. The fraction of sp³-hybridized carbons (Fsp3) is 0.882. The molecule has 3 aliphatic heterocycles. The second-order valence-electron chi connectivity index (χ2n) is 8.37. The number of nitrogens with one attached hydrogen (secondary N) is 2. The van der Waals surface area contributed by atoms with Crippen molar-refractivity contribution in [3.63, 3.8) is 0 Å². The number of carbonyl (C=O) groups excluding carboxylic acids is 2. The number of rotatable bonds is 1. The molecule has 2 atom stereocenters. The van der Waals surface area contributed by atoms with E-state index in [9.17, 15) is 9.59 Å². The van der Waals surface area contributed by atoms with Gasteiger partial charge in [-0.3, -0.25) is 0 Å². The highest BCUT2D eigenvalue weighted by atomic mass is 31.2. The monoisotopic (exact) mass is 368 g/mol. The lowest BCUT2D eigenvalue weighted by Crippen LogP contribution is -2.62. The number of hydrogen-bond acceptors (Lipinski definition) is 7. The van der Waals surface area contributed by atoms with Crippen molar-refractivity contribution in [1.29, 1.82) is 0 Å². The van der Waals surface area contributed by atoms with E-state index >= 15 is 0 Å². The molecule has 0 amide bonds. The molecule has 0 radical (unpaired) electrons. The average molecular weight is 368 g/mol. The number of fused-ring (bicyclic) bond motifs is 1. The summed E-state index contributed by atoms with van der Waals surface area (Å²) in [5.41, 5.74) is -1.05. The van der Waals surface area contributed by atoms with E-state index in [0.29, 0.717) is 30.7 Å². The molecule has 5 rings (SSSR count). The smallest absolute Gasteiger partial charge is 0.300 e. The summed E-state index contributed by atoms with van der Waals surface area (Å²) in [7, 11) is -2.80. The van der Waals surface area contributed by atoms with Crippen molar-refractivity contribution in [1.82, 2.24) is 15.1 Å². The highest BCUT2D eigenvalue weighted by Gasteiger charge is 2.71. The van der Waals surface area contributed by atoms with Gasteiger partial charge in [-0.05, 0) is 63.5 Å². The van der Waals surface area contributed by atoms with E-state index in [0.717, 1.165) is 26.2 Å². The highest BCUT2D eigenvalue weighted by molar-refractivity contribution is 7.63. The van der Waals surface area contributed by atoms with E-state index in [2.05, 4.69) is 15.1 Å². The third-order valence-corrected chi connectivity index (χ3v) is 9.02. The summed E-state index contributed by atoms with van der Waals surface area (Å²) in [4.78, 5) is 28.0. The van der Waals surface area contributed by atoms with Crippen molar-refractivity contribution in [3.8, 4) is 0 Å². The third-order valence-electron chi connectivity index (χ3n) is 6.98. The Bertz CT molecular complexity index is 552. The summed E-state index contributed by atoms with van der Waals surface area (Å²) >= 11 is 0. The van der Waals surface area contributed by atoms with Crippen LogP contribution >= 0.6 is 8.02 Å². The van der Waals surface area contributed by atoms with Crippen LogP contribution in [0.25, 0.3) is 0 Å². The van der Waals surface area contributed by atoms with Crippen molar-refractivity contribution in [2.45, 2.75) is 51.0 Å². The summed E-state index contributed by atoms with van der Waals surface area (Å²) < 4.78 is 11.5. The first kappa shape index (κ1) is 16.4. The van der Waals surface area contributed by atoms with Crippen molar-refractivity contribution in [3.05, 3.63) is 0 Å². The molecule has 5 fully saturated rings. The van der Waals surface area contributed by atoms with Gasteiger partial charge in [-0.2, -0.15) is 0 Å². The topological polar surface area (TPSA) is 79.9 Å². The number of nitrogens with zero attached hydrogens (tertiary/aromatic N) is 1. The second kappa shape index (κ2) is 5.88. The van der Waals surface area contributed by atoms with Crippen LogP contribution in [0.5, 0.6) is 0 Å². The van der Waals surface area contributed by atoms with Crippen molar-refractivity contribution >= 4 is 20.0 Å². The molecule has 3 heterocycles. The number of hydrogen-bond donors (Lipinski definition) is 2. The Morgan fingerprint density at radius 2 is 1.48 bits per heavy atom.